The van der Waals surface area contributed by atoms with Crippen LogP contribution in [-0.2, 0) is 4.84 Å². The van der Waals surface area contributed by atoms with Gasteiger partial charge in [0.1, 0.15) is 4.45 Å². The molecule has 70 valence electrons. The summed E-state index contributed by atoms with van der Waals surface area (Å²) in [5.74, 6) is 0. The Morgan fingerprint density at radius 2 is 2.17 bits per heavy atom. The van der Waals surface area contributed by atoms with Crippen molar-refractivity contribution in [2.24, 2.45) is 0 Å². The van der Waals surface area contributed by atoms with Crippen LogP contribution in [0.15, 0.2) is 12.3 Å². The second-order valence-corrected chi connectivity index (χ2v) is 4.39. The highest BCUT2D eigenvalue weighted by Gasteiger charge is 2.35. The highest BCUT2D eigenvalue weighted by molar-refractivity contribution is 9.10. The summed E-state index contributed by atoms with van der Waals surface area (Å²) < 4.78 is -0.195. The van der Waals surface area contributed by atoms with Crippen LogP contribution in [0, 0.1) is 0 Å². The van der Waals surface area contributed by atoms with Gasteiger partial charge in [-0.3, -0.25) is 9.85 Å². The largest absolute Gasteiger partial charge is 0.289 e. The molecule has 12 heavy (non-hydrogen) atoms. The zero-order chi connectivity index (χ0) is 9.19. The molecule has 0 fully saturated rings. The van der Waals surface area contributed by atoms with Gasteiger partial charge in [0, 0.05) is 12.7 Å². The van der Waals surface area contributed by atoms with E-state index in [0.29, 0.717) is 6.61 Å². The third kappa shape index (κ3) is 1.81. The molecular formula is C8H15BrN2O. The van der Waals surface area contributed by atoms with Gasteiger partial charge in [0.15, 0.2) is 0 Å². The molecule has 1 heterocycles. The minimum atomic E-state index is -0.195. The van der Waals surface area contributed by atoms with Crippen molar-refractivity contribution in [1.82, 2.24) is 10.2 Å². The molecule has 1 aliphatic heterocycles. The van der Waals surface area contributed by atoms with E-state index >= 15 is 0 Å². The molecule has 0 saturated heterocycles. The summed E-state index contributed by atoms with van der Waals surface area (Å²) >= 11 is 3.56. The van der Waals surface area contributed by atoms with Crippen molar-refractivity contribution in [3.05, 3.63) is 12.3 Å². The Kier molecular flexibility index (Phi) is 3.15. The number of hydrazine groups is 1. The van der Waals surface area contributed by atoms with E-state index in [9.17, 15) is 0 Å². The molecule has 0 aromatic rings. The number of hydrogen-bond acceptors (Lipinski definition) is 3. The standard InChI is InChI=1S/C8H15BrN2O/c1-4-10-7-6-8(3,9)11(10)12-5-2/h6-7H,4-5H2,1-3H3. The van der Waals surface area contributed by atoms with E-state index in [2.05, 4.69) is 35.9 Å². The lowest BCUT2D eigenvalue weighted by atomic mass is 10.4. The molecular weight excluding hydrogens is 220 g/mol. The molecule has 0 radical (unpaired) electrons. The normalized spacial score (nSPS) is 30.2. The molecule has 0 aromatic heterocycles. The Balaban J connectivity index is 2.65. The van der Waals surface area contributed by atoms with Gasteiger partial charge in [-0.15, -0.1) is 0 Å². The molecule has 0 aromatic carbocycles. The highest BCUT2D eigenvalue weighted by atomic mass is 79.9. The predicted octanol–water partition coefficient (Wildman–Crippen LogP) is 2.12. The maximum absolute atomic E-state index is 5.47. The summed E-state index contributed by atoms with van der Waals surface area (Å²) in [6.45, 7) is 7.71. The lowest BCUT2D eigenvalue weighted by Gasteiger charge is -2.34. The molecule has 0 amide bonds. The minimum absolute atomic E-state index is 0.195. The fourth-order valence-corrected chi connectivity index (χ4v) is 1.58. The van der Waals surface area contributed by atoms with Crippen LogP contribution in [0.3, 0.4) is 0 Å². The summed E-state index contributed by atoms with van der Waals surface area (Å²) in [6.07, 6.45) is 4.08. The number of hydroxylamine groups is 1. The van der Waals surface area contributed by atoms with E-state index in [1.807, 2.05) is 23.3 Å². The van der Waals surface area contributed by atoms with Crippen molar-refractivity contribution < 1.29 is 4.84 Å². The van der Waals surface area contributed by atoms with Gasteiger partial charge in [-0.2, -0.15) is 0 Å². The summed E-state index contributed by atoms with van der Waals surface area (Å²) in [7, 11) is 0. The average molecular weight is 235 g/mol. The van der Waals surface area contributed by atoms with Gasteiger partial charge in [0.2, 0.25) is 0 Å². The van der Waals surface area contributed by atoms with Crippen LogP contribution in [0.5, 0.6) is 0 Å². The van der Waals surface area contributed by atoms with Gasteiger partial charge in [-0.05, 0) is 26.8 Å². The summed E-state index contributed by atoms with van der Waals surface area (Å²) in [6, 6.07) is 0. The van der Waals surface area contributed by atoms with Crippen LogP contribution in [0.25, 0.3) is 0 Å². The molecule has 1 unspecified atom stereocenters. The highest BCUT2D eigenvalue weighted by Crippen LogP contribution is 2.31. The van der Waals surface area contributed by atoms with Crippen molar-refractivity contribution >= 4 is 15.9 Å². The van der Waals surface area contributed by atoms with Gasteiger partial charge in [-0.1, -0.05) is 21.1 Å². The van der Waals surface area contributed by atoms with Crippen molar-refractivity contribution in [3.63, 3.8) is 0 Å². The van der Waals surface area contributed by atoms with Crippen molar-refractivity contribution in [3.8, 4) is 0 Å². The lowest BCUT2D eigenvalue weighted by Crippen LogP contribution is -2.44. The molecule has 0 saturated carbocycles. The quantitative estimate of drug-likeness (QED) is 0.550. The number of hydrogen-bond donors (Lipinski definition) is 0. The fourth-order valence-electron chi connectivity index (χ4n) is 1.15. The zero-order valence-corrected chi connectivity index (χ0v) is 9.34. The smallest absolute Gasteiger partial charge is 0.139 e. The van der Waals surface area contributed by atoms with Crippen LogP contribution in [0.2, 0.25) is 0 Å². The predicted molar refractivity (Wildman–Crippen MR) is 52.3 cm³/mol. The van der Waals surface area contributed by atoms with E-state index in [0.717, 1.165) is 6.54 Å². The van der Waals surface area contributed by atoms with Crippen molar-refractivity contribution in [2.45, 2.75) is 25.2 Å². The second-order valence-electron chi connectivity index (χ2n) is 2.79. The van der Waals surface area contributed by atoms with E-state index in [1.165, 1.54) is 0 Å². The van der Waals surface area contributed by atoms with E-state index in [-0.39, 0.29) is 4.45 Å². The van der Waals surface area contributed by atoms with Gasteiger partial charge < -0.3 is 0 Å². The zero-order valence-electron chi connectivity index (χ0n) is 7.75. The van der Waals surface area contributed by atoms with E-state index in [1.54, 1.807) is 0 Å². The van der Waals surface area contributed by atoms with Gasteiger partial charge in [0.05, 0.1) is 6.61 Å². The number of nitrogens with zero attached hydrogens (tertiary/aromatic N) is 2. The first-order chi connectivity index (χ1) is 5.61. The molecule has 0 bridgehead atoms. The number of rotatable bonds is 3. The Bertz CT molecular complexity index is 182. The molecule has 4 heteroatoms. The van der Waals surface area contributed by atoms with Crippen LogP contribution in [0.1, 0.15) is 20.8 Å². The summed E-state index contributed by atoms with van der Waals surface area (Å²) in [5, 5.41) is 3.87. The molecule has 1 aliphatic rings. The topological polar surface area (TPSA) is 15.7 Å². The lowest BCUT2D eigenvalue weighted by molar-refractivity contribution is -0.272. The van der Waals surface area contributed by atoms with E-state index in [4.69, 9.17) is 4.84 Å². The molecule has 1 atom stereocenters. The van der Waals surface area contributed by atoms with Crippen molar-refractivity contribution in [2.75, 3.05) is 13.2 Å². The maximum atomic E-state index is 5.47. The van der Waals surface area contributed by atoms with Crippen LogP contribution in [0.4, 0.5) is 0 Å². The number of halogens is 1. The molecule has 1 rings (SSSR count). The van der Waals surface area contributed by atoms with Crippen LogP contribution in [-0.4, -0.2) is 27.8 Å². The Morgan fingerprint density at radius 3 is 2.67 bits per heavy atom. The third-order valence-corrected chi connectivity index (χ3v) is 2.30. The summed E-state index contributed by atoms with van der Waals surface area (Å²) in [5.41, 5.74) is 0. The Hall–Kier alpha value is -0.0600. The maximum Gasteiger partial charge on any atom is 0.139 e. The SMILES string of the molecule is CCON1N(CC)C=CC1(C)Br. The van der Waals surface area contributed by atoms with E-state index < -0.39 is 0 Å². The third-order valence-electron chi connectivity index (χ3n) is 1.73. The monoisotopic (exact) mass is 234 g/mol. The molecule has 3 nitrogen and oxygen atoms in total. The first-order valence-electron chi connectivity index (χ1n) is 4.19. The first kappa shape index (κ1) is 10.0. The molecule has 0 aliphatic carbocycles. The van der Waals surface area contributed by atoms with Gasteiger partial charge in [-0.25, -0.2) is 0 Å². The number of alkyl halides is 1. The Labute approximate surface area is 82.0 Å². The van der Waals surface area contributed by atoms with Gasteiger partial charge >= 0.3 is 0 Å². The molecule has 0 spiro atoms. The summed E-state index contributed by atoms with van der Waals surface area (Å²) in [4.78, 5) is 5.47. The fraction of sp³-hybridized carbons (Fsp3) is 0.750. The van der Waals surface area contributed by atoms with Crippen molar-refractivity contribution in [1.29, 1.82) is 0 Å². The second kappa shape index (κ2) is 3.77. The molecule has 0 N–H and O–H groups in total. The Morgan fingerprint density at radius 1 is 1.50 bits per heavy atom. The van der Waals surface area contributed by atoms with Crippen LogP contribution < -0.4 is 0 Å². The minimum Gasteiger partial charge on any atom is -0.289 e. The van der Waals surface area contributed by atoms with Gasteiger partial charge in [0.25, 0.3) is 0 Å². The van der Waals surface area contributed by atoms with Crippen LogP contribution >= 0.6 is 15.9 Å². The average Bonchev–Trinajstić information content (AvgIpc) is 2.29. The first-order valence-corrected chi connectivity index (χ1v) is 4.99.